The third-order valence-electron chi connectivity index (χ3n) is 6.61. The van der Waals surface area contributed by atoms with Crippen molar-refractivity contribution in [2.24, 2.45) is 11.8 Å². The molecule has 0 aromatic rings. The molecule has 0 saturated heterocycles. The Hall–Kier alpha value is -1.59. The number of hydrogen-bond acceptors (Lipinski definition) is 3. The second kappa shape index (κ2) is 8.40. The Kier molecular flexibility index (Phi) is 6.20. The first-order valence-electron chi connectivity index (χ1n) is 10.3. The molecule has 0 heterocycles. The van der Waals surface area contributed by atoms with Crippen LogP contribution in [0.15, 0.2) is 0 Å². The Morgan fingerprint density at radius 2 is 1.38 bits per heavy atom. The van der Waals surface area contributed by atoms with Gasteiger partial charge in [-0.1, -0.05) is 25.7 Å². The summed E-state index contributed by atoms with van der Waals surface area (Å²) in [4.78, 5) is 36.1. The minimum Gasteiger partial charge on any atom is -0.481 e. The lowest BCUT2D eigenvalue weighted by Crippen LogP contribution is -2.51. The summed E-state index contributed by atoms with van der Waals surface area (Å²) in [6.07, 6.45) is 11.0. The van der Waals surface area contributed by atoms with Gasteiger partial charge in [-0.25, -0.2) is 0 Å². The van der Waals surface area contributed by atoms with Crippen molar-refractivity contribution in [3.8, 4) is 0 Å². The van der Waals surface area contributed by atoms with Crippen molar-refractivity contribution in [2.45, 2.75) is 95.1 Å². The van der Waals surface area contributed by atoms with E-state index in [0.717, 1.165) is 77.0 Å². The van der Waals surface area contributed by atoms with E-state index in [4.69, 9.17) is 0 Å². The number of aliphatic carboxylic acids is 1. The van der Waals surface area contributed by atoms with Gasteiger partial charge in [0.2, 0.25) is 11.8 Å². The molecule has 0 radical (unpaired) electrons. The van der Waals surface area contributed by atoms with Gasteiger partial charge in [-0.05, 0) is 51.4 Å². The lowest BCUT2D eigenvalue weighted by Gasteiger charge is -2.34. The van der Waals surface area contributed by atoms with Crippen LogP contribution in [0.4, 0.5) is 0 Å². The minimum absolute atomic E-state index is 0.00807. The number of carboxylic acid groups (broad SMARTS) is 1. The molecule has 146 valence electrons. The van der Waals surface area contributed by atoms with E-state index >= 15 is 0 Å². The van der Waals surface area contributed by atoms with E-state index in [1.54, 1.807) is 0 Å². The first kappa shape index (κ1) is 19.2. The summed E-state index contributed by atoms with van der Waals surface area (Å²) >= 11 is 0. The number of carbonyl (C=O) groups excluding carboxylic acids is 2. The SMILES string of the molecule is O=C(O)CC1(NC(=O)C2CCC(NC(=O)C3CCCC3)CC2)CCCC1. The first-order valence-corrected chi connectivity index (χ1v) is 10.3. The Labute approximate surface area is 155 Å². The largest absolute Gasteiger partial charge is 0.481 e. The average Bonchev–Trinajstić information content (AvgIpc) is 3.27. The van der Waals surface area contributed by atoms with Gasteiger partial charge in [0.05, 0.1) is 12.0 Å². The van der Waals surface area contributed by atoms with E-state index in [0.29, 0.717) is 0 Å². The molecule has 3 aliphatic carbocycles. The average molecular weight is 364 g/mol. The van der Waals surface area contributed by atoms with Crippen LogP contribution in [-0.2, 0) is 14.4 Å². The van der Waals surface area contributed by atoms with Crippen LogP contribution >= 0.6 is 0 Å². The summed E-state index contributed by atoms with van der Waals surface area (Å²) in [6, 6.07) is 0.187. The van der Waals surface area contributed by atoms with Gasteiger partial charge in [0.15, 0.2) is 0 Å². The van der Waals surface area contributed by atoms with Gasteiger partial charge in [0, 0.05) is 17.9 Å². The quantitative estimate of drug-likeness (QED) is 0.675. The van der Waals surface area contributed by atoms with Crippen molar-refractivity contribution in [2.75, 3.05) is 0 Å². The standard InChI is InChI=1S/C20H32N2O4/c23-17(24)13-20(11-3-4-12-20)22-19(26)15-7-9-16(10-8-15)21-18(25)14-5-1-2-6-14/h14-16H,1-13H2,(H,21,25)(H,22,26)(H,23,24). The summed E-state index contributed by atoms with van der Waals surface area (Å²) in [5.74, 6) is -0.504. The zero-order valence-corrected chi connectivity index (χ0v) is 15.6. The molecule has 26 heavy (non-hydrogen) atoms. The predicted octanol–water partition coefficient (Wildman–Crippen LogP) is 2.76. The van der Waals surface area contributed by atoms with Crippen LogP contribution < -0.4 is 10.6 Å². The van der Waals surface area contributed by atoms with E-state index in [9.17, 15) is 19.5 Å². The fourth-order valence-corrected chi connectivity index (χ4v) is 5.06. The van der Waals surface area contributed by atoms with Crippen molar-refractivity contribution in [3.63, 3.8) is 0 Å². The monoisotopic (exact) mass is 364 g/mol. The number of nitrogens with one attached hydrogen (secondary N) is 2. The molecule has 6 nitrogen and oxygen atoms in total. The molecule has 0 atom stereocenters. The van der Waals surface area contributed by atoms with E-state index in [2.05, 4.69) is 10.6 Å². The molecular formula is C20H32N2O4. The first-order chi connectivity index (χ1) is 12.5. The number of carbonyl (C=O) groups is 3. The highest BCUT2D eigenvalue weighted by molar-refractivity contribution is 5.81. The molecule has 3 N–H and O–H groups in total. The van der Waals surface area contributed by atoms with Crippen LogP contribution in [0.25, 0.3) is 0 Å². The van der Waals surface area contributed by atoms with Crippen molar-refractivity contribution in [1.29, 1.82) is 0 Å². The second-order valence-corrected chi connectivity index (χ2v) is 8.59. The maximum atomic E-state index is 12.7. The van der Waals surface area contributed by atoms with Crippen LogP contribution in [0.2, 0.25) is 0 Å². The van der Waals surface area contributed by atoms with E-state index in [1.807, 2.05) is 0 Å². The fraction of sp³-hybridized carbons (Fsp3) is 0.850. The van der Waals surface area contributed by atoms with Gasteiger partial charge in [0.25, 0.3) is 0 Å². The Balaban J connectivity index is 1.45. The highest BCUT2D eigenvalue weighted by atomic mass is 16.4. The molecular weight excluding hydrogens is 332 g/mol. The topological polar surface area (TPSA) is 95.5 Å². The lowest BCUT2D eigenvalue weighted by molar-refractivity contribution is -0.139. The van der Waals surface area contributed by atoms with Gasteiger partial charge in [0.1, 0.15) is 0 Å². The zero-order valence-electron chi connectivity index (χ0n) is 15.6. The third kappa shape index (κ3) is 4.77. The normalized spacial score (nSPS) is 28.6. The molecule has 6 heteroatoms. The van der Waals surface area contributed by atoms with E-state index in [-0.39, 0.29) is 36.1 Å². The Bertz CT molecular complexity index is 528. The molecule has 0 aromatic carbocycles. The molecule has 3 aliphatic rings. The predicted molar refractivity (Wildman–Crippen MR) is 97.4 cm³/mol. The molecule has 0 aromatic heterocycles. The Morgan fingerprint density at radius 3 is 1.96 bits per heavy atom. The van der Waals surface area contributed by atoms with Crippen LogP contribution in [0.3, 0.4) is 0 Å². The second-order valence-electron chi connectivity index (χ2n) is 8.59. The maximum absolute atomic E-state index is 12.7. The van der Waals surface area contributed by atoms with Crippen molar-refractivity contribution in [3.05, 3.63) is 0 Å². The third-order valence-corrected chi connectivity index (χ3v) is 6.61. The van der Waals surface area contributed by atoms with Crippen LogP contribution in [-0.4, -0.2) is 34.5 Å². The summed E-state index contributed by atoms with van der Waals surface area (Å²) in [5.41, 5.74) is -0.545. The Morgan fingerprint density at radius 1 is 0.808 bits per heavy atom. The molecule has 0 aliphatic heterocycles. The van der Waals surface area contributed by atoms with E-state index < -0.39 is 11.5 Å². The van der Waals surface area contributed by atoms with Gasteiger partial charge >= 0.3 is 5.97 Å². The molecule has 0 spiro atoms. The smallest absolute Gasteiger partial charge is 0.305 e. The van der Waals surface area contributed by atoms with Gasteiger partial charge in [-0.15, -0.1) is 0 Å². The number of rotatable bonds is 6. The van der Waals surface area contributed by atoms with E-state index in [1.165, 1.54) is 0 Å². The van der Waals surface area contributed by atoms with Crippen LogP contribution in [0.1, 0.15) is 83.5 Å². The highest BCUT2D eigenvalue weighted by Gasteiger charge is 2.39. The molecule has 3 saturated carbocycles. The number of carboxylic acids is 1. The molecule has 2 amide bonds. The minimum atomic E-state index is -0.842. The van der Waals surface area contributed by atoms with Crippen LogP contribution in [0.5, 0.6) is 0 Å². The summed E-state index contributed by atoms with van der Waals surface area (Å²) in [6.45, 7) is 0. The van der Waals surface area contributed by atoms with Gasteiger partial charge < -0.3 is 15.7 Å². The molecule has 3 fully saturated rings. The van der Waals surface area contributed by atoms with Gasteiger partial charge in [-0.3, -0.25) is 14.4 Å². The van der Waals surface area contributed by atoms with Crippen molar-refractivity contribution < 1.29 is 19.5 Å². The number of amides is 2. The van der Waals surface area contributed by atoms with Crippen molar-refractivity contribution in [1.82, 2.24) is 10.6 Å². The molecule has 0 bridgehead atoms. The fourth-order valence-electron chi connectivity index (χ4n) is 5.06. The zero-order chi connectivity index (χ0) is 18.6. The van der Waals surface area contributed by atoms with Crippen molar-refractivity contribution >= 4 is 17.8 Å². The van der Waals surface area contributed by atoms with Gasteiger partial charge in [-0.2, -0.15) is 0 Å². The molecule has 0 unspecified atom stereocenters. The lowest BCUT2D eigenvalue weighted by atomic mass is 9.84. The van der Waals surface area contributed by atoms with Crippen LogP contribution in [0, 0.1) is 11.8 Å². The maximum Gasteiger partial charge on any atom is 0.305 e. The number of hydrogen-bond donors (Lipinski definition) is 3. The molecule has 3 rings (SSSR count). The summed E-state index contributed by atoms with van der Waals surface area (Å²) in [7, 11) is 0. The summed E-state index contributed by atoms with van der Waals surface area (Å²) in [5, 5.41) is 15.4. The summed E-state index contributed by atoms with van der Waals surface area (Å²) < 4.78 is 0. The highest BCUT2D eigenvalue weighted by Crippen LogP contribution is 2.34.